The van der Waals surface area contributed by atoms with Crippen molar-refractivity contribution in [2.75, 3.05) is 19.7 Å². The first-order valence-corrected chi connectivity index (χ1v) is 7.10. The Balaban J connectivity index is 2.39. The second kappa shape index (κ2) is 4.39. The zero-order valence-corrected chi connectivity index (χ0v) is 9.67. The maximum absolute atomic E-state index is 5.39. The van der Waals surface area contributed by atoms with E-state index in [-0.39, 0.29) is 7.92 Å². The van der Waals surface area contributed by atoms with Gasteiger partial charge in [0.25, 0.3) is 5.19 Å². The van der Waals surface area contributed by atoms with Crippen LogP contribution in [-0.4, -0.2) is 24.7 Å². The van der Waals surface area contributed by atoms with Crippen molar-refractivity contribution in [2.24, 2.45) is 0 Å². The molecule has 1 aromatic rings. The van der Waals surface area contributed by atoms with Gasteiger partial charge in [-0.2, -0.15) is 0 Å². The Morgan fingerprint density at radius 3 is 2.91 bits per heavy atom. The molecule has 1 heterocycles. The third-order valence-corrected chi connectivity index (χ3v) is 2.94. The minimum atomic E-state index is 0.0143. The molecule has 0 aliphatic heterocycles. The minimum absolute atomic E-state index is 0.0143. The molecule has 0 aromatic carbocycles. The van der Waals surface area contributed by atoms with E-state index >= 15 is 0 Å². The smallest absolute Gasteiger partial charge is 0.274 e. The molecule has 0 fully saturated rings. The average Bonchev–Trinajstić information content (AvgIpc) is 2.31. The lowest BCUT2D eigenvalue weighted by Crippen LogP contribution is -1.92. The van der Waals surface area contributed by atoms with Crippen molar-refractivity contribution < 1.29 is 4.74 Å². The van der Waals surface area contributed by atoms with Gasteiger partial charge in [0.2, 0.25) is 0 Å². The van der Waals surface area contributed by atoms with Crippen LogP contribution in [0.15, 0.2) is 9.98 Å². The first kappa shape index (κ1) is 9.43. The van der Waals surface area contributed by atoms with Crippen LogP contribution in [0, 0.1) is 0 Å². The van der Waals surface area contributed by atoms with Crippen LogP contribution >= 0.6 is 35.2 Å². The summed E-state index contributed by atoms with van der Waals surface area (Å²) < 4.78 is 6.41. The Labute approximate surface area is 79.9 Å². The molecule has 0 saturated heterocycles. The molecule has 0 spiro atoms. The maximum atomic E-state index is 5.39. The van der Waals surface area contributed by atoms with Gasteiger partial charge in [0.15, 0.2) is 0 Å². The molecule has 1 aromatic heterocycles. The molecule has 5 heteroatoms. The summed E-state index contributed by atoms with van der Waals surface area (Å²) in [5, 5.41) is 0.757. The molecule has 0 unspecified atom stereocenters. The molecule has 0 aliphatic carbocycles. The predicted molar refractivity (Wildman–Crippen MR) is 54.1 cm³/mol. The third-order valence-electron chi connectivity index (χ3n) is 0.902. The number of hydrogen-bond donors (Lipinski definition) is 0. The summed E-state index contributed by atoms with van der Waals surface area (Å²) in [5.41, 5.74) is 0. The number of nitrogens with zero attached hydrogens (tertiary/aromatic N) is 1. The molecular formula is C6H9BrNOPS. The molecule has 0 saturated carbocycles. The molecule has 2 nitrogen and oxygen atoms in total. The highest BCUT2D eigenvalue weighted by atomic mass is 79.9. The largest absolute Gasteiger partial charge is 0.465 e. The SMILES string of the molecule is CP(C)COc1ncc(Br)s1. The fraction of sp³-hybridized carbons (Fsp3) is 0.500. The summed E-state index contributed by atoms with van der Waals surface area (Å²) >= 11 is 4.84. The van der Waals surface area contributed by atoms with Gasteiger partial charge in [-0.15, -0.1) is 0 Å². The fourth-order valence-corrected chi connectivity index (χ4v) is 1.97. The van der Waals surface area contributed by atoms with E-state index in [0.717, 1.165) is 15.3 Å². The number of rotatable bonds is 3. The van der Waals surface area contributed by atoms with E-state index in [0.29, 0.717) is 0 Å². The molecule has 11 heavy (non-hydrogen) atoms. The molecule has 0 atom stereocenters. The van der Waals surface area contributed by atoms with Crippen LogP contribution in [-0.2, 0) is 0 Å². The van der Waals surface area contributed by atoms with Crippen LogP contribution < -0.4 is 4.74 Å². The quantitative estimate of drug-likeness (QED) is 0.773. The summed E-state index contributed by atoms with van der Waals surface area (Å²) in [6.45, 7) is 4.36. The number of aromatic nitrogens is 1. The van der Waals surface area contributed by atoms with E-state index in [2.05, 4.69) is 34.2 Å². The average molecular weight is 254 g/mol. The van der Waals surface area contributed by atoms with Crippen LogP contribution in [0.5, 0.6) is 5.19 Å². The normalized spacial score (nSPS) is 10.5. The van der Waals surface area contributed by atoms with E-state index in [1.54, 1.807) is 6.20 Å². The van der Waals surface area contributed by atoms with Crippen LogP contribution in [0.1, 0.15) is 0 Å². The maximum Gasteiger partial charge on any atom is 0.274 e. The molecule has 0 bridgehead atoms. The second-order valence-corrected chi connectivity index (χ2v) is 7.07. The molecule has 0 N–H and O–H groups in total. The van der Waals surface area contributed by atoms with Crippen LogP contribution in [0.4, 0.5) is 0 Å². The summed E-state index contributed by atoms with van der Waals surface area (Å²) in [7, 11) is 0.0143. The van der Waals surface area contributed by atoms with Gasteiger partial charge in [-0.05, 0) is 29.3 Å². The Morgan fingerprint density at radius 1 is 1.73 bits per heavy atom. The van der Waals surface area contributed by atoms with Crippen molar-refractivity contribution in [3.63, 3.8) is 0 Å². The summed E-state index contributed by atoms with van der Waals surface area (Å²) in [5.74, 6) is 0. The summed E-state index contributed by atoms with van der Waals surface area (Å²) in [6.07, 6.45) is 2.56. The van der Waals surface area contributed by atoms with Gasteiger partial charge >= 0.3 is 0 Å². The molecule has 62 valence electrons. The lowest BCUT2D eigenvalue weighted by Gasteiger charge is -2.04. The van der Waals surface area contributed by atoms with Gasteiger partial charge in [0.1, 0.15) is 6.35 Å². The molecule has 1 rings (SSSR count). The Hall–Kier alpha value is 0.340. The van der Waals surface area contributed by atoms with E-state index < -0.39 is 0 Å². The molecule has 0 aliphatic rings. The van der Waals surface area contributed by atoms with E-state index in [4.69, 9.17) is 4.74 Å². The Morgan fingerprint density at radius 2 is 2.45 bits per heavy atom. The molecule has 0 radical (unpaired) electrons. The van der Waals surface area contributed by atoms with Gasteiger partial charge in [-0.25, -0.2) is 4.98 Å². The fourth-order valence-electron chi connectivity index (χ4n) is 0.491. The lowest BCUT2D eigenvalue weighted by molar-refractivity contribution is 0.386. The van der Waals surface area contributed by atoms with Gasteiger partial charge in [0.05, 0.1) is 9.98 Å². The Bertz CT molecular complexity index is 228. The highest BCUT2D eigenvalue weighted by Crippen LogP contribution is 2.29. The van der Waals surface area contributed by atoms with Crippen LogP contribution in [0.2, 0.25) is 0 Å². The monoisotopic (exact) mass is 253 g/mol. The minimum Gasteiger partial charge on any atom is -0.465 e. The summed E-state index contributed by atoms with van der Waals surface area (Å²) in [4.78, 5) is 4.05. The van der Waals surface area contributed by atoms with Gasteiger partial charge in [0, 0.05) is 0 Å². The van der Waals surface area contributed by atoms with Crippen molar-refractivity contribution in [2.45, 2.75) is 0 Å². The van der Waals surface area contributed by atoms with Crippen molar-refractivity contribution in [1.82, 2.24) is 4.98 Å². The van der Waals surface area contributed by atoms with Gasteiger partial charge in [-0.1, -0.05) is 19.3 Å². The number of halogens is 1. The zero-order valence-electron chi connectivity index (χ0n) is 6.37. The highest BCUT2D eigenvalue weighted by Gasteiger charge is 2.00. The third kappa shape index (κ3) is 3.50. The number of ether oxygens (including phenoxy) is 1. The first-order chi connectivity index (χ1) is 5.18. The van der Waals surface area contributed by atoms with Crippen molar-refractivity contribution >= 4 is 35.2 Å². The van der Waals surface area contributed by atoms with Crippen LogP contribution in [0.3, 0.4) is 0 Å². The van der Waals surface area contributed by atoms with Crippen molar-refractivity contribution in [3.8, 4) is 5.19 Å². The molecule has 0 amide bonds. The first-order valence-electron chi connectivity index (χ1n) is 3.07. The Kier molecular flexibility index (Phi) is 3.76. The topological polar surface area (TPSA) is 22.1 Å². The van der Waals surface area contributed by atoms with Crippen molar-refractivity contribution in [1.29, 1.82) is 0 Å². The van der Waals surface area contributed by atoms with E-state index in [1.165, 1.54) is 11.3 Å². The van der Waals surface area contributed by atoms with E-state index in [1.807, 2.05) is 0 Å². The number of hydrogen-bond acceptors (Lipinski definition) is 3. The lowest BCUT2D eigenvalue weighted by atomic mass is 11.0. The summed E-state index contributed by atoms with van der Waals surface area (Å²) in [6, 6.07) is 0. The van der Waals surface area contributed by atoms with E-state index in [9.17, 15) is 0 Å². The number of thiazole rings is 1. The van der Waals surface area contributed by atoms with Crippen LogP contribution in [0.25, 0.3) is 0 Å². The molecular weight excluding hydrogens is 245 g/mol. The predicted octanol–water partition coefficient (Wildman–Crippen LogP) is 2.98. The van der Waals surface area contributed by atoms with Gasteiger partial charge < -0.3 is 4.74 Å². The van der Waals surface area contributed by atoms with Crippen molar-refractivity contribution in [3.05, 3.63) is 9.98 Å². The second-order valence-electron chi connectivity index (χ2n) is 2.28. The highest BCUT2D eigenvalue weighted by molar-refractivity contribution is 9.11. The van der Waals surface area contributed by atoms with Gasteiger partial charge in [-0.3, -0.25) is 0 Å². The zero-order chi connectivity index (χ0) is 8.27. The standard InChI is InChI=1S/C6H9BrNOPS/c1-10(2)4-9-6-8-3-5(7)11-6/h3H,4H2,1-2H3.